The molecule has 0 aliphatic carbocycles. The average Bonchev–Trinajstić information content (AvgIpc) is 3.15. The Labute approximate surface area is 141 Å². The molecule has 0 fully saturated rings. The third-order valence-corrected chi connectivity index (χ3v) is 4.29. The Kier molecular flexibility index (Phi) is 4.92. The zero-order valence-corrected chi connectivity index (χ0v) is 14.4. The highest BCUT2D eigenvalue weighted by Crippen LogP contribution is 2.15. The van der Waals surface area contributed by atoms with Crippen LogP contribution >= 0.6 is 0 Å². The van der Waals surface area contributed by atoms with Crippen molar-refractivity contribution in [3.63, 3.8) is 0 Å². The van der Waals surface area contributed by atoms with Crippen molar-refractivity contribution in [3.8, 4) is 0 Å². The molecule has 3 heterocycles. The van der Waals surface area contributed by atoms with Gasteiger partial charge in [-0.1, -0.05) is 19.0 Å². The highest BCUT2D eigenvalue weighted by molar-refractivity contribution is 5.76. The van der Waals surface area contributed by atoms with Gasteiger partial charge in [0.25, 0.3) is 0 Å². The normalized spacial score (nSPS) is 17.1. The van der Waals surface area contributed by atoms with Gasteiger partial charge in [-0.2, -0.15) is 4.98 Å². The number of hydrogen-bond donors (Lipinski definition) is 1. The first kappa shape index (κ1) is 16.6. The Morgan fingerprint density at radius 2 is 2.25 bits per heavy atom. The number of aryl methyl sites for hydroxylation is 3. The van der Waals surface area contributed by atoms with Crippen LogP contribution in [0.3, 0.4) is 0 Å². The van der Waals surface area contributed by atoms with E-state index in [1.807, 2.05) is 20.8 Å². The first-order chi connectivity index (χ1) is 11.5. The highest BCUT2D eigenvalue weighted by Gasteiger charge is 2.22. The lowest BCUT2D eigenvalue weighted by Crippen LogP contribution is -2.41. The van der Waals surface area contributed by atoms with Crippen molar-refractivity contribution in [2.24, 2.45) is 0 Å². The summed E-state index contributed by atoms with van der Waals surface area (Å²) in [7, 11) is 0. The first-order valence-corrected chi connectivity index (χ1v) is 8.53. The van der Waals surface area contributed by atoms with E-state index in [9.17, 15) is 4.79 Å². The van der Waals surface area contributed by atoms with E-state index in [0.717, 1.165) is 36.9 Å². The van der Waals surface area contributed by atoms with E-state index < -0.39 is 0 Å². The zero-order chi connectivity index (χ0) is 17.1. The quantitative estimate of drug-likeness (QED) is 0.861. The van der Waals surface area contributed by atoms with Crippen LogP contribution in [0.1, 0.15) is 62.4 Å². The number of carbonyl (C=O) groups is 1. The highest BCUT2D eigenvalue weighted by atomic mass is 16.5. The number of nitrogens with one attached hydrogen (secondary N) is 1. The molecule has 0 unspecified atom stereocenters. The second-order valence-electron chi connectivity index (χ2n) is 6.63. The monoisotopic (exact) mass is 332 g/mol. The molecule has 8 nitrogen and oxygen atoms in total. The van der Waals surface area contributed by atoms with Crippen molar-refractivity contribution in [3.05, 3.63) is 23.4 Å². The maximum atomic E-state index is 12.1. The number of amides is 1. The van der Waals surface area contributed by atoms with Crippen LogP contribution in [0.25, 0.3) is 0 Å². The van der Waals surface area contributed by atoms with Gasteiger partial charge >= 0.3 is 0 Å². The topological polar surface area (TPSA) is 98.7 Å². The summed E-state index contributed by atoms with van der Waals surface area (Å²) in [5, 5.41) is 15.3. The number of carbonyl (C=O) groups excluding carboxylic acids is 1. The van der Waals surface area contributed by atoms with Gasteiger partial charge in [-0.25, -0.2) is 0 Å². The Hall–Kier alpha value is -2.25. The Bertz CT molecular complexity index is 705. The second-order valence-corrected chi connectivity index (χ2v) is 6.63. The van der Waals surface area contributed by atoms with Crippen LogP contribution in [-0.2, 0) is 24.2 Å². The van der Waals surface area contributed by atoms with Crippen molar-refractivity contribution < 1.29 is 9.32 Å². The van der Waals surface area contributed by atoms with Crippen LogP contribution in [0.4, 0.5) is 0 Å². The summed E-state index contributed by atoms with van der Waals surface area (Å²) in [5.74, 6) is 3.56. The maximum absolute atomic E-state index is 12.1. The minimum absolute atomic E-state index is 0.0674. The fourth-order valence-electron chi connectivity index (χ4n) is 2.88. The summed E-state index contributed by atoms with van der Waals surface area (Å²) in [5.41, 5.74) is 0. The predicted molar refractivity (Wildman–Crippen MR) is 86.3 cm³/mol. The number of aromatic nitrogens is 5. The van der Waals surface area contributed by atoms with Crippen molar-refractivity contribution in [2.75, 3.05) is 0 Å². The summed E-state index contributed by atoms with van der Waals surface area (Å²) in [6, 6.07) is 0.149. The first-order valence-electron chi connectivity index (χ1n) is 8.53. The summed E-state index contributed by atoms with van der Waals surface area (Å²) in [6.45, 7) is 6.74. The molecule has 0 radical (unpaired) electrons. The van der Waals surface area contributed by atoms with E-state index in [1.54, 1.807) is 0 Å². The summed E-state index contributed by atoms with van der Waals surface area (Å²) in [4.78, 5) is 16.5. The van der Waals surface area contributed by atoms with Crippen molar-refractivity contribution >= 4 is 5.91 Å². The van der Waals surface area contributed by atoms with Crippen molar-refractivity contribution in [1.29, 1.82) is 0 Å². The molecule has 0 aromatic carbocycles. The summed E-state index contributed by atoms with van der Waals surface area (Å²) >= 11 is 0. The summed E-state index contributed by atoms with van der Waals surface area (Å²) < 4.78 is 7.27. The van der Waals surface area contributed by atoms with Gasteiger partial charge in [-0.3, -0.25) is 4.79 Å². The molecule has 1 aliphatic rings. The minimum Gasteiger partial charge on any atom is -0.352 e. The molecule has 3 rings (SSSR count). The van der Waals surface area contributed by atoms with Gasteiger partial charge in [0.15, 0.2) is 5.82 Å². The van der Waals surface area contributed by atoms with E-state index >= 15 is 0 Å². The van der Waals surface area contributed by atoms with Crippen LogP contribution in [0.15, 0.2) is 4.52 Å². The molecule has 2 aromatic heterocycles. The molecular formula is C16H24N6O2. The van der Waals surface area contributed by atoms with E-state index in [4.69, 9.17) is 4.52 Å². The molecule has 24 heavy (non-hydrogen) atoms. The molecule has 1 aliphatic heterocycles. The van der Waals surface area contributed by atoms with Gasteiger partial charge in [0, 0.05) is 37.8 Å². The number of rotatable bonds is 6. The largest absolute Gasteiger partial charge is 0.352 e. The second kappa shape index (κ2) is 7.11. The van der Waals surface area contributed by atoms with Gasteiger partial charge in [0.05, 0.1) is 0 Å². The van der Waals surface area contributed by atoms with Crippen molar-refractivity contribution in [1.82, 2.24) is 30.2 Å². The third kappa shape index (κ3) is 3.80. The molecule has 0 bridgehead atoms. The van der Waals surface area contributed by atoms with E-state index in [1.165, 1.54) is 0 Å². The molecular weight excluding hydrogens is 308 g/mol. The molecule has 1 amide bonds. The van der Waals surface area contributed by atoms with Gasteiger partial charge in [0.2, 0.25) is 11.8 Å². The lowest BCUT2D eigenvalue weighted by atomic mass is 10.1. The number of nitrogens with zero attached hydrogens (tertiary/aromatic N) is 5. The Morgan fingerprint density at radius 3 is 3.00 bits per heavy atom. The van der Waals surface area contributed by atoms with E-state index in [-0.39, 0.29) is 17.9 Å². The lowest BCUT2D eigenvalue weighted by molar-refractivity contribution is -0.122. The molecule has 0 spiro atoms. The Morgan fingerprint density at radius 1 is 1.42 bits per heavy atom. The SMILES string of the molecule is Cc1nnc2n1C[C@@H](NC(=O)CCCc1nc(C(C)C)no1)CC2. The number of fused-ring (bicyclic) bond motifs is 1. The van der Waals surface area contributed by atoms with E-state index in [2.05, 4.69) is 30.2 Å². The third-order valence-electron chi connectivity index (χ3n) is 4.29. The van der Waals surface area contributed by atoms with Crippen LogP contribution in [0.2, 0.25) is 0 Å². The average molecular weight is 332 g/mol. The fourth-order valence-corrected chi connectivity index (χ4v) is 2.88. The lowest BCUT2D eigenvalue weighted by Gasteiger charge is -2.24. The molecule has 0 saturated carbocycles. The van der Waals surface area contributed by atoms with Crippen LogP contribution in [0.5, 0.6) is 0 Å². The molecule has 2 aromatic rings. The smallest absolute Gasteiger partial charge is 0.226 e. The Balaban J connectivity index is 1.42. The maximum Gasteiger partial charge on any atom is 0.226 e. The van der Waals surface area contributed by atoms with Gasteiger partial charge < -0.3 is 14.4 Å². The zero-order valence-electron chi connectivity index (χ0n) is 14.4. The van der Waals surface area contributed by atoms with Gasteiger partial charge in [-0.15, -0.1) is 10.2 Å². The van der Waals surface area contributed by atoms with Crippen molar-refractivity contribution in [2.45, 2.75) is 71.4 Å². The van der Waals surface area contributed by atoms with Crippen LogP contribution in [0, 0.1) is 6.92 Å². The predicted octanol–water partition coefficient (Wildman–Crippen LogP) is 1.55. The van der Waals surface area contributed by atoms with Gasteiger partial charge in [0.1, 0.15) is 11.6 Å². The number of hydrogen-bond acceptors (Lipinski definition) is 6. The summed E-state index contributed by atoms with van der Waals surface area (Å²) in [6.07, 6.45) is 3.56. The standard InChI is InChI=1S/C16H24N6O2/c1-10(2)16-18-15(24-21-16)6-4-5-14(23)17-12-7-8-13-20-19-11(3)22(13)9-12/h10,12H,4-9H2,1-3H3,(H,17,23)/t12-/m0/s1. The fraction of sp³-hybridized carbons (Fsp3) is 0.688. The molecule has 0 saturated heterocycles. The minimum atomic E-state index is 0.0674. The molecule has 130 valence electrons. The molecule has 8 heteroatoms. The van der Waals surface area contributed by atoms with Gasteiger partial charge in [-0.05, 0) is 19.8 Å². The molecule has 1 atom stereocenters. The van der Waals surface area contributed by atoms with Crippen LogP contribution in [-0.4, -0.2) is 36.9 Å². The molecule has 1 N–H and O–H groups in total. The van der Waals surface area contributed by atoms with Crippen LogP contribution < -0.4 is 5.32 Å². The van der Waals surface area contributed by atoms with E-state index in [0.29, 0.717) is 25.2 Å².